The summed E-state index contributed by atoms with van der Waals surface area (Å²) in [5, 5.41) is 9.04. The van der Waals surface area contributed by atoms with E-state index in [1.165, 1.54) is 4.31 Å². The van der Waals surface area contributed by atoms with E-state index in [1.54, 1.807) is 11.2 Å². The van der Waals surface area contributed by atoms with Gasteiger partial charge in [0.15, 0.2) is 0 Å². The molecule has 2 aliphatic rings. The van der Waals surface area contributed by atoms with Crippen LogP contribution in [0.4, 0.5) is 0 Å². The van der Waals surface area contributed by atoms with E-state index in [0.717, 1.165) is 12.8 Å². The largest absolute Gasteiger partial charge is 0.481 e. The molecule has 116 valence electrons. The molecule has 1 N–H and O–H groups in total. The lowest BCUT2D eigenvalue weighted by Crippen LogP contribution is -2.53. The molecule has 0 aliphatic carbocycles. The van der Waals surface area contributed by atoms with E-state index in [4.69, 9.17) is 5.11 Å². The standard InChI is InChI=1S/C13H24N2O4S/c1-10-3-6-14(7-4-10)20(18,19)15-8-5-12(13(16)17)9-11(15)2/h10-12H,3-9H2,1-2H3,(H,16,17). The number of hydrogen-bond acceptors (Lipinski definition) is 3. The maximum Gasteiger partial charge on any atom is 0.306 e. The van der Waals surface area contributed by atoms with Crippen LogP contribution in [0.25, 0.3) is 0 Å². The van der Waals surface area contributed by atoms with Crippen molar-refractivity contribution in [1.82, 2.24) is 8.61 Å². The van der Waals surface area contributed by atoms with Crippen LogP contribution in [0.5, 0.6) is 0 Å². The highest BCUT2D eigenvalue weighted by Crippen LogP contribution is 2.28. The van der Waals surface area contributed by atoms with E-state index in [1.807, 2.05) is 0 Å². The minimum Gasteiger partial charge on any atom is -0.481 e. The number of carboxylic acids is 1. The van der Waals surface area contributed by atoms with Gasteiger partial charge in [0, 0.05) is 25.7 Å². The molecule has 0 spiro atoms. The second kappa shape index (κ2) is 5.99. The molecule has 2 saturated heterocycles. The maximum absolute atomic E-state index is 12.6. The summed E-state index contributed by atoms with van der Waals surface area (Å²) < 4.78 is 28.3. The number of carboxylic acid groups (broad SMARTS) is 1. The van der Waals surface area contributed by atoms with Crippen molar-refractivity contribution < 1.29 is 18.3 Å². The van der Waals surface area contributed by atoms with Gasteiger partial charge >= 0.3 is 5.97 Å². The van der Waals surface area contributed by atoms with E-state index in [0.29, 0.717) is 38.4 Å². The third kappa shape index (κ3) is 3.15. The monoisotopic (exact) mass is 304 g/mol. The van der Waals surface area contributed by atoms with Gasteiger partial charge in [-0.2, -0.15) is 17.0 Å². The zero-order valence-corrected chi connectivity index (χ0v) is 13.0. The van der Waals surface area contributed by atoms with Crippen molar-refractivity contribution in [2.24, 2.45) is 11.8 Å². The molecule has 2 atom stereocenters. The molecule has 2 aliphatic heterocycles. The maximum atomic E-state index is 12.6. The summed E-state index contributed by atoms with van der Waals surface area (Å²) in [5.41, 5.74) is 0. The number of nitrogens with zero attached hydrogens (tertiary/aromatic N) is 2. The van der Waals surface area contributed by atoms with Crippen molar-refractivity contribution in [3.05, 3.63) is 0 Å². The van der Waals surface area contributed by atoms with Gasteiger partial charge in [0.05, 0.1) is 5.92 Å². The number of piperidine rings is 2. The van der Waals surface area contributed by atoms with E-state index < -0.39 is 22.1 Å². The Balaban J connectivity index is 2.05. The molecule has 0 bridgehead atoms. The lowest BCUT2D eigenvalue weighted by Gasteiger charge is -2.40. The molecule has 2 fully saturated rings. The predicted octanol–water partition coefficient (Wildman–Crippen LogP) is 1.15. The first-order valence-electron chi connectivity index (χ1n) is 7.32. The molecular formula is C13H24N2O4S. The Morgan fingerprint density at radius 1 is 1.10 bits per heavy atom. The number of hydrogen-bond donors (Lipinski definition) is 1. The molecule has 7 heteroatoms. The van der Waals surface area contributed by atoms with E-state index in [2.05, 4.69) is 6.92 Å². The van der Waals surface area contributed by atoms with Gasteiger partial charge in [-0.1, -0.05) is 6.92 Å². The molecule has 0 amide bonds. The predicted molar refractivity (Wildman–Crippen MR) is 75.4 cm³/mol. The Morgan fingerprint density at radius 3 is 2.20 bits per heavy atom. The van der Waals surface area contributed by atoms with Gasteiger partial charge in [0.1, 0.15) is 0 Å². The average molecular weight is 304 g/mol. The lowest BCUT2D eigenvalue weighted by atomic mass is 9.93. The van der Waals surface area contributed by atoms with Crippen molar-refractivity contribution in [3.8, 4) is 0 Å². The van der Waals surface area contributed by atoms with Gasteiger partial charge in [0.2, 0.25) is 0 Å². The molecule has 0 saturated carbocycles. The Bertz CT molecular complexity index is 457. The fraction of sp³-hybridized carbons (Fsp3) is 0.923. The van der Waals surface area contributed by atoms with Crippen LogP contribution in [0.3, 0.4) is 0 Å². The van der Waals surface area contributed by atoms with Gasteiger partial charge in [-0.15, -0.1) is 0 Å². The zero-order valence-electron chi connectivity index (χ0n) is 12.2. The smallest absolute Gasteiger partial charge is 0.306 e. The summed E-state index contributed by atoms with van der Waals surface area (Å²) in [6.07, 6.45) is 2.61. The Labute approximate surface area is 120 Å². The summed E-state index contributed by atoms with van der Waals surface area (Å²) in [7, 11) is -3.43. The van der Waals surface area contributed by atoms with E-state index in [9.17, 15) is 13.2 Å². The normalized spacial score (nSPS) is 31.3. The van der Waals surface area contributed by atoms with Crippen molar-refractivity contribution in [2.75, 3.05) is 19.6 Å². The van der Waals surface area contributed by atoms with E-state index in [-0.39, 0.29) is 6.04 Å². The van der Waals surface area contributed by atoms with Crippen LogP contribution in [-0.4, -0.2) is 53.8 Å². The van der Waals surface area contributed by atoms with Crippen LogP contribution in [0, 0.1) is 11.8 Å². The summed E-state index contributed by atoms with van der Waals surface area (Å²) >= 11 is 0. The molecule has 20 heavy (non-hydrogen) atoms. The van der Waals surface area contributed by atoms with Gasteiger partial charge in [-0.3, -0.25) is 4.79 Å². The molecule has 0 aromatic heterocycles. The first-order chi connectivity index (χ1) is 9.32. The van der Waals surface area contributed by atoms with Crippen LogP contribution in [-0.2, 0) is 15.0 Å². The molecule has 2 unspecified atom stereocenters. The molecule has 0 aromatic carbocycles. The van der Waals surface area contributed by atoms with Gasteiger partial charge < -0.3 is 5.11 Å². The van der Waals surface area contributed by atoms with Crippen LogP contribution in [0.1, 0.15) is 39.5 Å². The third-order valence-electron chi connectivity index (χ3n) is 4.53. The molecule has 0 aromatic rings. The average Bonchev–Trinajstić information content (AvgIpc) is 2.38. The highest BCUT2D eigenvalue weighted by Gasteiger charge is 2.39. The Hall–Kier alpha value is -0.660. The number of rotatable bonds is 3. The highest BCUT2D eigenvalue weighted by atomic mass is 32.2. The number of aliphatic carboxylic acids is 1. The Morgan fingerprint density at radius 2 is 1.70 bits per heavy atom. The van der Waals surface area contributed by atoms with Crippen LogP contribution >= 0.6 is 0 Å². The summed E-state index contributed by atoms with van der Waals surface area (Å²) in [6.45, 7) is 5.42. The molecule has 2 rings (SSSR count). The number of carbonyl (C=O) groups is 1. The second-order valence-electron chi connectivity index (χ2n) is 6.11. The van der Waals surface area contributed by atoms with Crippen LogP contribution in [0.2, 0.25) is 0 Å². The fourth-order valence-corrected chi connectivity index (χ4v) is 4.93. The summed E-state index contributed by atoms with van der Waals surface area (Å²) in [6, 6.07) is -0.241. The highest BCUT2D eigenvalue weighted by molar-refractivity contribution is 7.86. The molecule has 6 nitrogen and oxygen atoms in total. The molecular weight excluding hydrogens is 280 g/mol. The van der Waals surface area contributed by atoms with Gasteiger partial charge in [0.25, 0.3) is 10.2 Å². The quantitative estimate of drug-likeness (QED) is 0.848. The van der Waals surface area contributed by atoms with Gasteiger partial charge in [-0.05, 0) is 38.5 Å². The first kappa shape index (κ1) is 15.7. The molecule has 2 heterocycles. The van der Waals surface area contributed by atoms with Crippen molar-refractivity contribution in [1.29, 1.82) is 0 Å². The SMILES string of the molecule is CC1CCN(S(=O)(=O)N2CCC(C(=O)O)CC2C)CC1. The van der Waals surface area contributed by atoms with Crippen molar-refractivity contribution in [3.63, 3.8) is 0 Å². The Kier molecular flexibility index (Phi) is 4.71. The second-order valence-corrected chi connectivity index (χ2v) is 7.99. The zero-order chi connectivity index (χ0) is 14.9. The van der Waals surface area contributed by atoms with E-state index >= 15 is 0 Å². The van der Waals surface area contributed by atoms with Gasteiger partial charge in [-0.25, -0.2) is 0 Å². The lowest BCUT2D eigenvalue weighted by molar-refractivity contribution is -0.143. The first-order valence-corrected chi connectivity index (χ1v) is 8.71. The third-order valence-corrected chi connectivity index (χ3v) is 6.68. The van der Waals surface area contributed by atoms with Crippen molar-refractivity contribution in [2.45, 2.75) is 45.6 Å². The topological polar surface area (TPSA) is 77.9 Å². The fourth-order valence-electron chi connectivity index (χ4n) is 3.08. The molecule has 0 radical (unpaired) electrons. The van der Waals surface area contributed by atoms with Crippen LogP contribution < -0.4 is 0 Å². The summed E-state index contributed by atoms with van der Waals surface area (Å²) in [5.74, 6) is -0.657. The summed E-state index contributed by atoms with van der Waals surface area (Å²) in [4.78, 5) is 11.0. The minimum atomic E-state index is -3.43. The van der Waals surface area contributed by atoms with Crippen LogP contribution in [0.15, 0.2) is 0 Å². The minimum absolute atomic E-state index is 0.241. The van der Waals surface area contributed by atoms with Crippen molar-refractivity contribution >= 4 is 16.2 Å².